The van der Waals surface area contributed by atoms with Crippen molar-refractivity contribution in [2.45, 2.75) is 44.1 Å². The molecule has 0 spiro atoms. The number of hydrogen-bond donors (Lipinski definition) is 2. The summed E-state index contributed by atoms with van der Waals surface area (Å²) < 4.78 is 0. The first-order valence-electron chi connectivity index (χ1n) is 7.96. The number of halogens is 2. The minimum Gasteiger partial charge on any atom is -0.345 e. The van der Waals surface area contributed by atoms with Crippen molar-refractivity contribution in [3.05, 3.63) is 34.9 Å². The maximum Gasteiger partial charge on any atom is 0.234 e. The van der Waals surface area contributed by atoms with Crippen molar-refractivity contribution in [3.8, 4) is 0 Å². The van der Waals surface area contributed by atoms with Crippen molar-refractivity contribution < 1.29 is 4.79 Å². The van der Waals surface area contributed by atoms with Crippen molar-refractivity contribution in [3.63, 3.8) is 0 Å². The molecule has 1 amide bonds. The molecule has 0 heterocycles. The Morgan fingerprint density at radius 1 is 1.27 bits per heavy atom. The third-order valence-electron chi connectivity index (χ3n) is 4.63. The molecule has 2 aliphatic rings. The predicted octanol–water partition coefficient (Wildman–Crippen LogP) is 3.65. The summed E-state index contributed by atoms with van der Waals surface area (Å²) in [6.45, 7) is 1.39. The van der Waals surface area contributed by atoms with Crippen LogP contribution in [0.1, 0.15) is 44.1 Å². The Balaban J connectivity index is 0.00000176. The number of carbonyl (C=O) groups is 1. The number of amides is 1. The second-order valence-corrected chi connectivity index (χ2v) is 6.86. The van der Waals surface area contributed by atoms with Crippen molar-refractivity contribution in [2.24, 2.45) is 5.92 Å². The van der Waals surface area contributed by atoms with E-state index in [1.807, 2.05) is 18.2 Å². The zero-order valence-electron chi connectivity index (χ0n) is 12.7. The zero-order chi connectivity index (χ0) is 14.7. The van der Waals surface area contributed by atoms with E-state index in [-0.39, 0.29) is 23.9 Å². The highest BCUT2D eigenvalue weighted by Crippen LogP contribution is 2.39. The van der Waals surface area contributed by atoms with Crippen molar-refractivity contribution in [1.29, 1.82) is 0 Å². The van der Waals surface area contributed by atoms with Gasteiger partial charge in [-0.1, -0.05) is 36.6 Å². The largest absolute Gasteiger partial charge is 0.345 e. The summed E-state index contributed by atoms with van der Waals surface area (Å²) in [5, 5.41) is 7.27. The molecule has 0 aliphatic heterocycles. The molecule has 2 fully saturated rings. The Morgan fingerprint density at radius 2 is 2.00 bits per heavy atom. The summed E-state index contributed by atoms with van der Waals surface area (Å²) in [7, 11) is 0. The summed E-state index contributed by atoms with van der Waals surface area (Å²) >= 11 is 6.12. The molecule has 2 aliphatic carbocycles. The highest BCUT2D eigenvalue weighted by Gasteiger charge is 2.37. The van der Waals surface area contributed by atoms with Crippen molar-refractivity contribution in [1.82, 2.24) is 10.6 Å². The third kappa shape index (κ3) is 4.37. The maximum atomic E-state index is 12.3. The van der Waals surface area contributed by atoms with Gasteiger partial charge in [0, 0.05) is 5.02 Å². The van der Waals surface area contributed by atoms with E-state index in [2.05, 4.69) is 16.7 Å². The van der Waals surface area contributed by atoms with Gasteiger partial charge in [0.2, 0.25) is 5.91 Å². The van der Waals surface area contributed by atoms with E-state index < -0.39 is 0 Å². The quantitative estimate of drug-likeness (QED) is 0.828. The number of rotatable bonds is 6. The Kier molecular flexibility index (Phi) is 6.13. The van der Waals surface area contributed by atoms with Gasteiger partial charge in [-0.25, -0.2) is 0 Å². The van der Waals surface area contributed by atoms with Gasteiger partial charge < -0.3 is 10.6 Å². The van der Waals surface area contributed by atoms with Gasteiger partial charge >= 0.3 is 0 Å². The molecule has 122 valence electrons. The fourth-order valence-corrected chi connectivity index (χ4v) is 3.46. The van der Waals surface area contributed by atoms with Crippen LogP contribution >= 0.6 is 24.0 Å². The number of benzene rings is 1. The van der Waals surface area contributed by atoms with Crippen LogP contribution in [0.3, 0.4) is 0 Å². The predicted molar refractivity (Wildman–Crippen MR) is 92.6 cm³/mol. The van der Waals surface area contributed by atoms with Crippen molar-refractivity contribution in [2.75, 3.05) is 13.1 Å². The van der Waals surface area contributed by atoms with Gasteiger partial charge in [0.15, 0.2) is 0 Å². The van der Waals surface area contributed by atoms with Gasteiger partial charge in [-0.3, -0.25) is 4.79 Å². The monoisotopic (exact) mass is 342 g/mol. The summed E-state index contributed by atoms with van der Waals surface area (Å²) in [5.41, 5.74) is 0.923. The SMILES string of the molecule is Cl.O=C(CNCC1CC1)NC1(c2cccc(Cl)c2)CCCC1. The Morgan fingerprint density at radius 3 is 2.64 bits per heavy atom. The van der Waals surface area contributed by atoms with Gasteiger partial charge in [-0.2, -0.15) is 0 Å². The van der Waals surface area contributed by atoms with Crippen LogP contribution in [-0.2, 0) is 10.3 Å². The van der Waals surface area contributed by atoms with E-state index in [0.717, 1.165) is 48.7 Å². The Labute approximate surface area is 143 Å². The average Bonchev–Trinajstić information content (AvgIpc) is 3.16. The fourth-order valence-electron chi connectivity index (χ4n) is 3.27. The molecule has 0 bridgehead atoms. The zero-order valence-corrected chi connectivity index (χ0v) is 14.3. The first-order chi connectivity index (χ1) is 10.2. The summed E-state index contributed by atoms with van der Waals surface area (Å²) in [6.07, 6.45) is 6.93. The molecule has 1 aromatic carbocycles. The molecule has 0 unspecified atom stereocenters. The van der Waals surface area contributed by atoms with Crippen LogP contribution in [0, 0.1) is 5.92 Å². The molecular formula is C17H24Cl2N2O. The van der Waals surface area contributed by atoms with Crippen LogP contribution in [0.2, 0.25) is 5.02 Å². The lowest BCUT2D eigenvalue weighted by molar-refractivity contribution is -0.122. The van der Waals surface area contributed by atoms with Gasteiger partial charge in [-0.05, 0) is 55.8 Å². The minimum absolute atomic E-state index is 0. The van der Waals surface area contributed by atoms with E-state index in [9.17, 15) is 4.79 Å². The van der Waals surface area contributed by atoms with E-state index in [0.29, 0.717) is 6.54 Å². The van der Waals surface area contributed by atoms with Crippen LogP contribution in [-0.4, -0.2) is 19.0 Å². The molecule has 5 heteroatoms. The molecule has 3 nitrogen and oxygen atoms in total. The molecule has 0 aromatic heterocycles. The van der Waals surface area contributed by atoms with Gasteiger partial charge in [-0.15, -0.1) is 12.4 Å². The molecule has 3 rings (SSSR count). The van der Waals surface area contributed by atoms with Crippen molar-refractivity contribution >= 4 is 29.9 Å². The second-order valence-electron chi connectivity index (χ2n) is 6.42. The number of hydrogen-bond acceptors (Lipinski definition) is 2. The van der Waals surface area contributed by atoms with E-state index >= 15 is 0 Å². The molecular weight excluding hydrogens is 319 g/mol. The van der Waals surface area contributed by atoms with E-state index in [1.165, 1.54) is 12.8 Å². The molecule has 1 aromatic rings. The molecule has 2 saturated carbocycles. The Hall–Kier alpha value is -0.770. The summed E-state index contributed by atoms with van der Waals surface area (Å²) in [6, 6.07) is 7.92. The Bertz CT molecular complexity index is 511. The molecule has 2 N–H and O–H groups in total. The lowest BCUT2D eigenvalue weighted by atomic mass is 9.88. The van der Waals surface area contributed by atoms with Crippen LogP contribution in [0.15, 0.2) is 24.3 Å². The molecule has 0 radical (unpaired) electrons. The normalized spacial score (nSPS) is 19.5. The summed E-state index contributed by atoms with van der Waals surface area (Å²) in [5.74, 6) is 0.892. The molecule has 0 atom stereocenters. The summed E-state index contributed by atoms with van der Waals surface area (Å²) in [4.78, 5) is 12.3. The fraction of sp³-hybridized carbons (Fsp3) is 0.588. The third-order valence-corrected chi connectivity index (χ3v) is 4.86. The highest BCUT2D eigenvalue weighted by molar-refractivity contribution is 6.30. The lowest BCUT2D eigenvalue weighted by Crippen LogP contribution is -2.47. The number of carbonyl (C=O) groups excluding carboxylic acids is 1. The highest BCUT2D eigenvalue weighted by atomic mass is 35.5. The van der Waals surface area contributed by atoms with E-state index in [1.54, 1.807) is 0 Å². The van der Waals surface area contributed by atoms with Crippen LogP contribution in [0.5, 0.6) is 0 Å². The average molecular weight is 343 g/mol. The van der Waals surface area contributed by atoms with Gasteiger partial charge in [0.25, 0.3) is 0 Å². The molecule has 22 heavy (non-hydrogen) atoms. The van der Waals surface area contributed by atoms with Crippen LogP contribution in [0.4, 0.5) is 0 Å². The lowest BCUT2D eigenvalue weighted by Gasteiger charge is -2.31. The first kappa shape index (κ1) is 17.6. The van der Waals surface area contributed by atoms with Gasteiger partial charge in [0.05, 0.1) is 12.1 Å². The topological polar surface area (TPSA) is 41.1 Å². The van der Waals surface area contributed by atoms with E-state index in [4.69, 9.17) is 11.6 Å². The second kappa shape index (κ2) is 7.67. The molecule has 0 saturated heterocycles. The maximum absolute atomic E-state index is 12.3. The van der Waals surface area contributed by atoms with Crippen LogP contribution < -0.4 is 10.6 Å². The van der Waals surface area contributed by atoms with Crippen LogP contribution in [0.25, 0.3) is 0 Å². The number of nitrogens with one attached hydrogen (secondary N) is 2. The minimum atomic E-state index is -0.219. The first-order valence-corrected chi connectivity index (χ1v) is 8.33. The smallest absolute Gasteiger partial charge is 0.234 e. The standard InChI is InChI=1S/C17H23ClN2O.ClH/c18-15-5-3-4-14(10-15)17(8-1-2-9-17)20-16(21)12-19-11-13-6-7-13;/h3-5,10,13,19H,1-2,6-9,11-12H2,(H,20,21);1H. The van der Waals surface area contributed by atoms with Gasteiger partial charge in [0.1, 0.15) is 0 Å².